The molecule has 0 atom stereocenters. The van der Waals surface area contributed by atoms with E-state index in [0.29, 0.717) is 38.4 Å². The van der Waals surface area contributed by atoms with Gasteiger partial charge in [-0.3, -0.25) is 13.7 Å². The minimum absolute atomic E-state index is 0. The minimum atomic E-state index is 0. The van der Waals surface area contributed by atoms with Gasteiger partial charge in [0.25, 0.3) is 0 Å². The molecule has 2 aromatic heterocycles. The van der Waals surface area contributed by atoms with Gasteiger partial charge in [-0.2, -0.15) is 4.98 Å². The van der Waals surface area contributed by atoms with Crippen LogP contribution in [-0.2, 0) is 0 Å². The molecule has 210 valence electrons. The highest BCUT2D eigenvalue weighted by Gasteiger charge is 2.19. The summed E-state index contributed by atoms with van der Waals surface area (Å²) in [6.07, 6.45) is 3.79. The minimum Gasteiger partial charge on any atom is -0.384 e. The molecule has 0 unspecified atom stereocenters. The molecule has 2 N–H and O–H groups in total. The number of anilines is 1. The van der Waals surface area contributed by atoms with Crippen molar-refractivity contribution >= 4 is 53.7 Å². The fourth-order valence-corrected chi connectivity index (χ4v) is 6.15. The first-order valence-electron chi connectivity index (χ1n) is 13.6. The maximum absolute atomic E-state index is 7.04. The highest BCUT2D eigenvalue weighted by molar-refractivity contribution is 7.72. The highest BCUT2D eigenvalue weighted by atomic mass is 35.5. The van der Waals surface area contributed by atoms with Crippen molar-refractivity contribution in [3.63, 3.8) is 0 Å². The van der Waals surface area contributed by atoms with Crippen molar-refractivity contribution in [1.82, 2.24) is 23.6 Å². The number of benzene rings is 3. The number of nitrogen functional groups attached to an aromatic ring is 1. The second-order valence-corrected chi connectivity index (χ2v) is 10.6. The number of likely N-dealkylation sites (tertiary alicyclic amines) is 1. The van der Waals surface area contributed by atoms with Crippen LogP contribution in [0.25, 0.3) is 28.1 Å². The van der Waals surface area contributed by atoms with Crippen molar-refractivity contribution in [2.24, 2.45) is 4.99 Å². The fourth-order valence-electron chi connectivity index (χ4n) is 5.32. The van der Waals surface area contributed by atoms with Crippen molar-refractivity contribution < 1.29 is 0 Å². The summed E-state index contributed by atoms with van der Waals surface area (Å²) in [6.45, 7) is 3.74. The van der Waals surface area contributed by atoms with Crippen LogP contribution in [0.15, 0.2) is 96.0 Å². The van der Waals surface area contributed by atoms with E-state index < -0.39 is 0 Å². The molecule has 0 radical (unpaired) electrons. The smallest absolute Gasteiger partial charge is 0.233 e. The first-order valence-corrected chi connectivity index (χ1v) is 14.4. The second kappa shape index (κ2) is 12.9. The zero-order valence-corrected chi connectivity index (χ0v) is 25.0. The molecule has 0 bridgehead atoms. The highest BCUT2D eigenvalue weighted by Crippen LogP contribution is 2.27. The van der Waals surface area contributed by atoms with Gasteiger partial charge in [0, 0.05) is 17.9 Å². The number of fused-ring (bicyclic) bond motifs is 1. The van der Waals surface area contributed by atoms with E-state index in [4.69, 9.17) is 40.1 Å². The van der Waals surface area contributed by atoms with Gasteiger partial charge in [0.2, 0.25) is 5.62 Å². The average Bonchev–Trinajstić information content (AvgIpc) is 2.99. The monoisotopic (exact) mass is 601 g/mol. The van der Waals surface area contributed by atoms with Crippen molar-refractivity contribution in [1.29, 1.82) is 0 Å². The number of hydrogen-bond donors (Lipinski definition) is 1. The number of aromatic nitrogens is 4. The normalized spacial score (nSPS) is 14.2. The van der Waals surface area contributed by atoms with Crippen LogP contribution in [0.1, 0.15) is 19.3 Å². The molecule has 1 fully saturated rings. The Kier molecular flexibility index (Phi) is 9.09. The predicted octanol–water partition coefficient (Wildman–Crippen LogP) is 6.46. The third-order valence-electron chi connectivity index (χ3n) is 7.30. The lowest BCUT2D eigenvalue weighted by Crippen LogP contribution is -2.33. The standard InChI is InChI=1S/C31H31N7S2.ClH/c32-27-26-28(34-30(36(27)23-13-5-1-6-14-23)33-19-22-35-20-11-4-12-21-35)37(24-15-7-2-8-16-24)31(40)38(29(26)39)25-17-9-3-10-18-25;/h1-3,5-10,13-18H,4,11-12,19-22,32H2;1H. The van der Waals surface area contributed by atoms with Crippen LogP contribution < -0.4 is 11.4 Å². The Morgan fingerprint density at radius 2 is 1.22 bits per heavy atom. The average molecular weight is 602 g/mol. The first kappa shape index (κ1) is 28.9. The van der Waals surface area contributed by atoms with E-state index >= 15 is 0 Å². The third kappa shape index (κ3) is 5.76. The summed E-state index contributed by atoms with van der Waals surface area (Å²) in [5.74, 6) is 0.474. The van der Waals surface area contributed by atoms with Gasteiger partial charge in [-0.25, -0.2) is 4.99 Å². The van der Waals surface area contributed by atoms with Crippen LogP contribution in [-0.4, -0.2) is 49.8 Å². The van der Waals surface area contributed by atoms with Crippen LogP contribution in [0.5, 0.6) is 0 Å². The Morgan fingerprint density at radius 1 is 0.707 bits per heavy atom. The third-order valence-corrected chi connectivity index (χ3v) is 8.05. The molecular weight excluding hydrogens is 570 g/mol. The molecule has 1 saturated heterocycles. The lowest BCUT2D eigenvalue weighted by atomic mass is 10.1. The van der Waals surface area contributed by atoms with Gasteiger partial charge in [0.15, 0.2) is 10.4 Å². The van der Waals surface area contributed by atoms with Gasteiger partial charge >= 0.3 is 0 Å². The quantitative estimate of drug-likeness (QED) is 0.226. The number of para-hydroxylation sites is 3. The molecule has 10 heteroatoms. The summed E-state index contributed by atoms with van der Waals surface area (Å²) in [5, 5.41) is 0.648. The molecule has 0 saturated carbocycles. The van der Waals surface area contributed by atoms with Crippen molar-refractivity contribution in [3.05, 3.63) is 106 Å². The van der Waals surface area contributed by atoms with Crippen molar-refractivity contribution in [3.8, 4) is 17.1 Å². The van der Waals surface area contributed by atoms with Crippen molar-refractivity contribution in [2.75, 3.05) is 31.9 Å². The fraction of sp³-hybridized carbons (Fsp3) is 0.226. The Balaban J connectivity index is 0.00000337. The summed E-state index contributed by atoms with van der Waals surface area (Å²) in [4.78, 5) is 12.6. The number of piperidine rings is 1. The van der Waals surface area contributed by atoms with E-state index in [0.717, 1.165) is 36.7 Å². The predicted molar refractivity (Wildman–Crippen MR) is 174 cm³/mol. The van der Waals surface area contributed by atoms with Gasteiger partial charge in [0.05, 0.1) is 17.6 Å². The van der Waals surface area contributed by atoms with E-state index in [1.165, 1.54) is 19.3 Å². The van der Waals surface area contributed by atoms with Gasteiger partial charge in [0.1, 0.15) is 10.5 Å². The summed E-state index contributed by atoms with van der Waals surface area (Å²) in [7, 11) is 0. The molecule has 0 aliphatic carbocycles. The maximum atomic E-state index is 7.04. The molecule has 1 aliphatic rings. The van der Waals surface area contributed by atoms with Crippen LogP contribution in [0.3, 0.4) is 0 Å². The maximum Gasteiger partial charge on any atom is 0.233 e. The summed E-state index contributed by atoms with van der Waals surface area (Å²) < 4.78 is 6.76. The summed E-state index contributed by atoms with van der Waals surface area (Å²) >= 11 is 12.2. The topological polar surface area (TPSA) is 69.3 Å². The Morgan fingerprint density at radius 3 is 1.78 bits per heavy atom. The Hall–Kier alpha value is -3.63. The number of nitrogens with zero attached hydrogens (tertiary/aromatic N) is 6. The van der Waals surface area contributed by atoms with E-state index in [1.54, 1.807) is 0 Å². The van der Waals surface area contributed by atoms with Crippen LogP contribution in [0, 0.1) is 9.41 Å². The zero-order valence-electron chi connectivity index (χ0n) is 22.6. The van der Waals surface area contributed by atoms with E-state index in [2.05, 4.69) is 4.90 Å². The molecule has 3 heterocycles. The van der Waals surface area contributed by atoms with Crippen LogP contribution in [0.2, 0.25) is 0 Å². The largest absolute Gasteiger partial charge is 0.384 e. The first-order chi connectivity index (χ1) is 19.6. The molecular formula is C31H32ClN7S2. The number of rotatable bonds is 6. The Labute approximate surface area is 255 Å². The van der Waals surface area contributed by atoms with Gasteiger partial charge in [-0.15, -0.1) is 12.4 Å². The molecule has 0 amide bonds. The lowest BCUT2D eigenvalue weighted by Gasteiger charge is -2.25. The van der Waals surface area contributed by atoms with Crippen molar-refractivity contribution in [2.45, 2.75) is 19.3 Å². The number of nitrogens with two attached hydrogens (primary N) is 1. The molecule has 5 aromatic rings. The van der Waals surface area contributed by atoms with Crippen LogP contribution in [0.4, 0.5) is 5.82 Å². The lowest BCUT2D eigenvalue weighted by molar-refractivity contribution is 0.234. The number of halogens is 1. The Bertz CT molecular complexity index is 1830. The molecule has 41 heavy (non-hydrogen) atoms. The molecule has 7 nitrogen and oxygen atoms in total. The van der Waals surface area contributed by atoms with E-state index in [1.807, 2.05) is 105 Å². The number of hydrogen-bond acceptors (Lipinski definition) is 6. The molecule has 0 spiro atoms. The molecule has 3 aromatic carbocycles. The van der Waals surface area contributed by atoms with Gasteiger partial charge < -0.3 is 10.6 Å². The van der Waals surface area contributed by atoms with E-state index in [9.17, 15) is 0 Å². The van der Waals surface area contributed by atoms with Gasteiger partial charge in [-0.1, -0.05) is 73.2 Å². The summed E-state index contributed by atoms with van der Waals surface area (Å²) in [5.41, 5.74) is 10.8. The second-order valence-electron chi connectivity index (χ2n) is 9.88. The summed E-state index contributed by atoms with van der Waals surface area (Å²) in [6, 6.07) is 29.8. The van der Waals surface area contributed by atoms with Crippen LogP contribution >= 0.6 is 36.8 Å². The SMILES string of the molecule is Cl.Nc1c2c(=S)n(-c3ccccc3)c(=S)n(-c3ccccc3)c2nc(=NCCN2CCCCC2)n1-c1ccccc1. The molecule has 6 rings (SSSR count). The molecule has 1 aliphatic heterocycles. The van der Waals surface area contributed by atoms with E-state index in [-0.39, 0.29) is 12.4 Å². The zero-order chi connectivity index (χ0) is 27.5. The van der Waals surface area contributed by atoms with Gasteiger partial charge in [-0.05, 0) is 74.5 Å².